The summed E-state index contributed by atoms with van der Waals surface area (Å²) in [6.07, 6.45) is 2.77. The van der Waals surface area contributed by atoms with E-state index in [2.05, 4.69) is 20.5 Å². The van der Waals surface area contributed by atoms with Crippen molar-refractivity contribution in [1.29, 1.82) is 0 Å². The fourth-order valence-corrected chi connectivity index (χ4v) is 5.97. The number of carboxylic acids is 1. The second kappa shape index (κ2) is 9.25. The number of pyridine rings is 1. The molecule has 0 unspecified atom stereocenters. The van der Waals surface area contributed by atoms with Crippen molar-refractivity contribution in [3.05, 3.63) is 85.0 Å². The van der Waals surface area contributed by atoms with E-state index in [4.69, 9.17) is 33.3 Å². The van der Waals surface area contributed by atoms with E-state index in [9.17, 15) is 9.59 Å². The van der Waals surface area contributed by atoms with E-state index in [1.54, 1.807) is 34.9 Å². The maximum Gasteiger partial charge on any atom is 0.308 e. The number of nitrogens with zero attached hydrogens (tertiary/aromatic N) is 6. The number of thiophene rings is 1. The number of carbonyl (C=O) groups is 1. The van der Waals surface area contributed by atoms with Gasteiger partial charge in [-0.15, -0.1) is 16.4 Å². The Morgan fingerprint density at radius 2 is 2.05 bits per heavy atom. The molecule has 0 saturated heterocycles. The Hall–Kier alpha value is -3.80. The van der Waals surface area contributed by atoms with Gasteiger partial charge in [-0.1, -0.05) is 23.2 Å². The van der Waals surface area contributed by atoms with E-state index < -0.39 is 5.97 Å². The van der Waals surface area contributed by atoms with Gasteiger partial charge in [-0.2, -0.15) is 4.68 Å². The summed E-state index contributed by atoms with van der Waals surface area (Å²) in [5.74, 6) is -0.317. The molecule has 0 saturated carbocycles. The minimum absolute atomic E-state index is 0.0605. The number of imidazole rings is 1. The van der Waals surface area contributed by atoms with Crippen LogP contribution in [-0.4, -0.2) is 45.8 Å². The number of nitrogens with one attached hydrogen (secondary N) is 1. The summed E-state index contributed by atoms with van der Waals surface area (Å²) >= 11 is 14.1. The largest absolute Gasteiger partial charge is 0.481 e. The summed E-state index contributed by atoms with van der Waals surface area (Å²) < 4.78 is 3.26. The number of aryl methyl sites for hydroxylation is 1. The molecule has 0 spiro atoms. The Bertz CT molecular complexity index is 1710. The van der Waals surface area contributed by atoms with E-state index in [1.807, 2.05) is 11.4 Å². The number of halogens is 2. The predicted octanol–water partition coefficient (Wildman–Crippen LogP) is 4.41. The van der Waals surface area contributed by atoms with Gasteiger partial charge in [-0.3, -0.25) is 9.59 Å². The van der Waals surface area contributed by atoms with E-state index in [0.717, 1.165) is 16.8 Å². The number of hydrogen-bond donors (Lipinski definition) is 2. The molecule has 0 radical (unpaired) electrons. The Labute approximate surface area is 223 Å². The van der Waals surface area contributed by atoms with Crippen molar-refractivity contribution in [2.24, 2.45) is 0 Å². The zero-order valence-electron chi connectivity index (χ0n) is 18.9. The number of H-pyrrole nitrogens is 1. The number of aromatic amines is 1. The van der Waals surface area contributed by atoms with E-state index >= 15 is 0 Å². The van der Waals surface area contributed by atoms with Gasteiger partial charge < -0.3 is 14.7 Å². The third-order valence-electron chi connectivity index (χ3n) is 6.25. The summed E-state index contributed by atoms with van der Waals surface area (Å²) in [5.41, 5.74) is 4.12. The standard InChI is InChI=1S/C24H17Cl2N7O3S/c25-14-1-3-18(32-11-27-30-31-32)17(8-14)12-5-15-2-4-19(33(15)20(34)7-12)24-28-22(23(26)29-24)13-6-16(37-10-13)9-21(35)36/h1,3,5-8,10-11,19H,2,4,9H2,(H,28,29)(H,35,36)/t19-/m0/s1. The topological polar surface area (TPSA) is 132 Å². The van der Waals surface area contributed by atoms with Crippen LogP contribution in [0.1, 0.15) is 28.9 Å². The summed E-state index contributed by atoms with van der Waals surface area (Å²) in [6, 6.07) is 10.4. The van der Waals surface area contributed by atoms with Crippen LogP contribution in [0.25, 0.3) is 28.1 Å². The Morgan fingerprint density at radius 1 is 1.19 bits per heavy atom. The summed E-state index contributed by atoms with van der Waals surface area (Å²) in [4.78, 5) is 33.0. The van der Waals surface area contributed by atoms with Crippen molar-refractivity contribution >= 4 is 40.5 Å². The molecule has 2 N–H and O–H groups in total. The molecule has 13 heteroatoms. The number of carboxylic acid groups (broad SMARTS) is 1. The van der Waals surface area contributed by atoms with Crippen molar-refractivity contribution in [2.75, 3.05) is 0 Å². The molecule has 186 valence electrons. The lowest BCUT2D eigenvalue weighted by atomic mass is 10.0. The number of tetrazole rings is 1. The highest BCUT2D eigenvalue weighted by atomic mass is 35.5. The molecule has 1 aromatic carbocycles. The monoisotopic (exact) mass is 553 g/mol. The van der Waals surface area contributed by atoms with Gasteiger partial charge in [0.1, 0.15) is 23.0 Å². The van der Waals surface area contributed by atoms with Crippen molar-refractivity contribution in [3.63, 3.8) is 0 Å². The molecule has 0 bridgehead atoms. The minimum atomic E-state index is -0.897. The molecular weight excluding hydrogens is 537 g/mol. The van der Waals surface area contributed by atoms with Gasteiger partial charge in [0.15, 0.2) is 0 Å². The average Bonchev–Trinajstić information content (AvgIpc) is 3.65. The second-order valence-electron chi connectivity index (χ2n) is 8.57. The zero-order chi connectivity index (χ0) is 25.7. The predicted molar refractivity (Wildman–Crippen MR) is 139 cm³/mol. The van der Waals surface area contributed by atoms with Gasteiger partial charge in [-0.05, 0) is 59.2 Å². The molecule has 0 aliphatic carbocycles. The SMILES string of the molecule is O=C(O)Cc1cc(-c2nc([C@@H]3CCc4cc(-c5cc(Cl)ccc5-n5cnnn5)cc(=O)n43)[nH]c2Cl)cs1. The quantitative estimate of drug-likeness (QED) is 0.318. The minimum Gasteiger partial charge on any atom is -0.481 e. The van der Waals surface area contributed by atoms with Crippen LogP contribution >= 0.6 is 34.5 Å². The number of fused-ring (bicyclic) bond motifs is 1. The molecule has 10 nitrogen and oxygen atoms in total. The first-order chi connectivity index (χ1) is 17.9. The summed E-state index contributed by atoms with van der Waals surface area (Å²) in [5, 5.41) is 23.1. The molecule has 1 atom stereocenters. The highest BCUT2D eigenvalue weighted by Gasteiger charge is 2.29. The van der Waals surface area contributed by atoms with Crippen molar-refractivity contribution < 1.29 is 9.90 Å². The third kappa shape index (κ3) is 4.35. The lowest BCUT2D eigenvalue weighted by molar-refractivity contribution is -0.136. The highest BCUT2D eigenvalue weighted by molar-refractivity contribution is 7.10. The van der Waals surface area contributed by atoms with E-state index in [0.29, 0.717) is 50.7 Å². The molecule has 5 heterocycles. The Balaban J connectivity index is 1.36. The molecule has 5 aromatic rings. The van der Waals surface area contributed by atoms with Crippen LogP contribution in [0.2, 0.25) is 10.2 Å². The van der Waals surface area contributed by atoms with Crippen LogP contribution in [0.5, 0.6) is 0 Å². The molecule has 0 amide bonds. The van der Waals surface area contributed by atoms with Crippen molar-refractivity contribution in [2.45, 2.75) is 25.3 Å². The van der Waals surface area contributed by atoms with Crippen LogP contribution in [-0.2, 0) is 17.6 Å². The first kappa shape index (κ1) is 23.6. The molecule has 1 aliphatic heterocycles. The normalized spacial score (nSPS) is 14.7. The number of benzene rings is 1. The van der Waals surface area contributed by atoms with Crippen molar-refractivity contribution in [1.82, 2.24) is 34.7 Å². The number of aliphatic carboxylic acids is 1. The van der Waals surface area contributed by atoms with Crippen LogP contribution in [0, 0.1) is 0 Å². The van der Waals surface area contributed by atoms with E-state index in [-0.39, 0.29) is 18.0 Å². The zero-order valence-corrected chi connectivity index (χ0v) is 21.3. The molecule has 0 fully saturated rings. The lowest BCUT2D eigenvalue weighted by Crippen LogP contribution is -2.24. The smallest absolute Gasteiger partial charge is 0.308 e. The summed E-state index contributed by atoms with van der Waals surface area (Å²) in [7, 11) is 0. The first-order valence-corrected chi connectivity index (χ1v) is 12.8. The van der Waals surface area contributed by atoms with Gasteiger partial charge in [-0.25, -0.2) is 4.98 Å². The van der Waals surface area contributed by atoms with Gasteiger partial charge in [0.05, 0.1) is 18.2 Å². The van der Waals surface area contributed by atoms with Crippen LogP contribution in [0.3, 0.4) is 0 Å². The van der Waals surface area contributed by atoms with Gasteiger partial charge in [0.25, 0.3) is 5.56 Å². The highest BCUT2D eigenvalue weighted by Crippen LogP contribution is 2.36. The Morgan fingerprint density at radius 3 is 2.84 bits per heavy atom. The molecule has 37 heavy (non-hydrogen) atoms. The fourth-order valence-electron chi connectivity index (χ4n) is 4.69. The van der Waals surface area contributed by atoms with Crippen LogP contribution in [0.15, 0.2) is 52.9 Å². The number of rotatable bonds is 6. The maximum atomic E-state index is 13.4. The van der Waals surface area contributed by atoms with Crippen LogP contribution < -0.4 is 5.56 Å². The van der Waals surface area contributed by atoms with Gasteiger partial charge in [0.2, 0.25) is 0 Å². The molecular formula is C24H17Cl2N7O3S. The summed E-state index contributed by atoms with van der Waals surface area (Å²) in [6.45, 7) is 0. The Kier molecular flexibility index (Phi) is 5.90. The lowest BCUT2D eigenvalue weighted by Gasteiger charge is -2.15. The molecule has 4 aromatic heterocycles. The average molecular weight is 554 g/mol. The van der Waals surface area contributed by atoms with Crippen LogP contribution in [0.4, 0.5) is 0 Å². The van der Waals surface area contributed by atoms with Gasteiger partial charge in [0, 0.05) is 38.2 Å². The maximum absolute atomic E-state index is 13.4. The van der Waals surface area contributed by atoms with Gasteiger partial charge >= 0.3 is 5.97 Å². The van der Waals surface area contributed by atoms with Crippen molar-refractivity contribution in [3.8, 4) is 28.1 Å². The number of hydrogen-bond acceptors (Lipinski definition) is 7. The van der Waals surface area contributed by atoms with E-state index in [1.165, 1.54) is 22.3 Å². The fraction of sp³-hybridized carbons (Fsp3) is 0.167. The first-order valence-electron chi connectivity index (χ1n) is 11.2. The molecule has 1 aliphatic rings. The third-order valence-corrected chi connectivity index (χ3v) is 7.69. The second-order valence-corrected chi connectivity index (χ2v) is 10.4. The number of aromatic nitrogens is 7. The molecule has 6 rings (SSSR count).